The zero-order valence-corrected chi connectivity index (χ0v) is 39.3. The van der Waals surface area contributed by atoms with Crippen molar-refractivity contribution in [3.8, 4) is 5.75 Å². The van der Waals surface area contributed by atoms with Gasteiger partial charge in [-0.25, -0.2) is 4.98 Å². The van der Waals surface area contributed by atoms with Gasteiger partial charge in [-0.05, 0) is 95.9 Å². The summed E-state index contributed by atoms with van der Waals surface area (Å²) in [6.07, 6.45) is 8.02. The molecule has 3 fully saturated rings. The third-order valence-corrected chi connectivity index (χ3v) is 15.5. The molecule has 0 radical (unpaired) electrons. The number of halogens is 1. The van der Waals surface area contributed by atoms with E-state index in [2.05, 4.69) is 104 Å². The van der Waals surface area contributed by atoms with Crippen LogP contribution in [0.2, 0.25) is 0 Å². The minimum atomic E-state index is -2.77. The highest BCUT2D eigenvalue weighted by Gasteiger charge is 2.39. The fourth-order valence-corrected chi connectivity index (χ4v) is 11.8. The highest BCUT2D eigenvalue weighted by molar-refractivity contribution is 9.10. The highest BCUT2D eigenvalue weighted by Crippen LogP contribution is 2.43. The number of thiol groups is 1. The van der Waals surface area contributed by atoms with Gasteiger partial charge < -0.3 is 24.8 Å². The number of carbonyl (C=O) groups excluding carboxylic acids is 2. The van der Waals surface area contributed by atoms with Crippen LogP contribution in [0, 0.1) is 6.92 Å². The predicted octanol–water partition coefficient (Wildman–Crippen LogP) is 6.57. The summed E-state index contributed by atoms with van der Waals surface area (Å²) < 4.78 is 20.1. The molecule has 2 aromatic heterocycles. The number of nitrogens with one attached hydrogen (secondary N) is 3. The van der Waals surface area contributed by atoms with E-state index >= 15 is 0 Å². The Labute approximate surface area is 381 Å². The number of rotatable bonds is 11. The van der Waals surface area contributed by atoms with Crippen LogP contribution in [0.3, 0.4) is 0 Å². The Morgan fingerprint density at radius 1 is 0.937 bits per heavy atom. The fourth-order valence-electron chi connectivity index (χ4n) is 9.60. The molecule has 63 heavy (non-hydrogen) atoms. The standard InChI is InChI=1S/C45H53BrN11O4PS/c1-27-21-35(51-45-49-24-32(46)42(53-45)50-34-8-7-33-40(48-14-13-47-33)41(34)62(3,4)60)38(61-2)23-37(27)56-15-11-30(12-16-56)55-19-17-54(18-20-55)25-28-5-6-29-26-57(44(63)31(29)22-28)36-9-10-39(58)52-43(36)59/h5-8,13-14,21-24,30,36,44,63H,9-12,15-20,25-26H2,1-4H3,(H,52,58,59)(H2,49,50,51,53). The number of methoxy groups -OCH3 is 1. The minimum Gasteiger partial charge on any atom is -0.494 e. The zero-order valence-electron chi connectivity index (χ0n) is 36.0. The second-order valence-corrected chi connectivity index (χ2v) is 21.8. The van der Waals surface area contributed by atoms with Gasteiger partial charge in [-0.3, -0.25) is 39.6 Å². The Morgan fingerprint density at radius 2 is 1.71 bits per heavy atom. The molecule has 3 aromatic carbocycles. The SMILES string of the molecule is COc1cc(N2CCC(N3CCN(Cc4ccc5c(c4)C(S)N(C4CCC(=O)NC4=O)C5)CC3)CC2)c(C)cc1Nc1ncc(Br)c(Nc2ccc3nccnc3c2P(C)(C)=O)n1. The van der Waals surface area contributed by atoms with Crippen LogP contribution in [0.4, 0.5) is 28.8 Å². The lowest BCUT2D eigenvalue weighted by Crippen LogP contribution is -2.53. The van der Waals surface area contributed by atoms with Gasteiger partial charge in [0.25, 0.3) is 0 Å². The minimum absolute atomic E-state index is 0.163. The summed E-state index contributed by atoms with van der Waals surface area (Å²) in [7, 11) is -1.09. The summed E-state index contributed by atoms with van der Waals surface area (Å²) in [4.78, 5) is 52.4. The second kappa shape index (κ2) is 18.1. The monoisotopic (exact) mass is 953 g/mol. The van der Waals surface area contributed by atoms with Gasteiger partial charge in [0.1, 0.15) is 24.2 Å². The molecule has 18 heteroatoms. The summed E-state index contributed by atoms with van der Waals surface area (Å²) in [6.45, 7) is 13.2. The van der Waals surface area contributed by atoms with Crippen molar-refractivity contribution in [2.75, 3.05) is 75.2 Å². The maximum atomic E-state index is 13.5. The van der Waals surface area contributed by atoms with Crippen LogP contribution < -0.4 is 30.9 Å². The third kappa shape index (κ3) is 9.18. The quantitative estimate of drug-likeness (QED) is 0.0640. The molecule has 3 saturated heterocycles. The van der Waals surface area contributed by atoms with Crippen LogP contribution in [0.25, 0.3) is 11.0 Å². The topological polar surface area (TPSA) is 161 Å². The van der Waals surface area contributed by atoms with E-state index in [0.29, 0.717) is 69.4 Å². The van der Waals surface area contributed by atoms with Crippen LogP contribution >= 0.6 is 35.7 Å². The molecule has 4 aliphatic rings. The van der Waals surface area contributed by atoms with Gasteiger partial charge in [0, 0.05) is 95.2 Å². The normalized spacial score (nSPS) is 20.5. The molecule has 0 aliphatic carbocycles. The number of piperazine rings is 1. The number of hydrogen-bond donors (Lipinski definition) is 4. The van der Waals surface area contributed by atoms with Gasteiger partial charge >= 0.3 is 0 Å². The maximum absolute atomic E-state index is 13.5. The summed E-state index contributed by atoms with van der Waals surface area (Å²) in [5, 5.41) is 9.71. The van der Waals surface area contributed by atoms with E-state index < -0.39 is 7.14 Å². The first-order valence-electron chi connectivity index (χ1n) is 21.5. The van der Waals surface area contributed by atoms with E-state index in [0.717, 1.165) is 75.6 Å². The van der Waals surface area contributed by atoms with E-state index in [4.69, 9.17) is 22.3 Å². The number of nitrogens with zero attached hydrogens (tertiary/aromatic N) is 8. The molecule has 0 spiro atoms. The molecule has 330 valence electrons. The van der Waals surface area contributed by atoms with Crippen LogP contribution in [0.15, 0.2) is 65.5 Å². The number of imide groups is 1. The summed E-state index contributed by atoms with van der Waals surface area (Å²) in [5.41, 5.74) is 8.61. The van der Waals surface area contributed by atoms with E-state index in [1.807, 2.05) is 12.1 Å². The van der Waals surface area contributed by atoms with Crippen molar-refractivity contribution in [3.63, 3.8) is 0 Å². The van der Waals surface area contributed by atoms with E-state index in [9.17, 15) is 14.2 Å². The number of anilines is 5. The average molecular weight is 955 g/mol. The second-order valence-electron chi connectivity index (χ2n) is 17.3. The number of aromatic nitrogens is 4. The molecule has 0 saturated carbocycles. The first-order valence-corrected chi connectivity index (χ1v) is 25.4. The first-order chi connectivity index (χ1) is 30.3. The Balaban J connectivity index is 0.795. The molecule has 2 unspecified atom stereocenters. The van der Waals surface area contributed by atoms with Gasteiger partial charge in [0.2, 0.25) is 17.8 Å². The molecule has 4 aliphatic heterocycles. The molecule has 6 heterocycles. The van der Waals surface area contributed by atoms with Gasteiger partial charge in [-0.2, -0.15) is 17.6 Å². The number of fused-ring (bicyclic) bond motifs is 2. The summed E-state index contributed by atoms with van der Waals surface area (Å²) in [5.74, 6) is 1.18. The predicted molar refractivity (Wildman–Crippen MR) is 255 cm³/mol. The van der Waals surface area contributed by atoms with E-state index in [1.54, 1.807) is 39.0 Å². The molecule has 3 N–H and O–H groups in total. The van der Waals surface area contributed by atoms with Gasteiger partial charge in [0.05, 0.1) is 45.2 Å². The fraction of sp³-hybridized carbons (Fsp3) is 0.422. The molecule has 15 nitrogen and oxygen atoms in total. The van der Waals surface area contributed by atoms with Crippen molar-refractivity contribution in [2.24, 2.45) is 0 Å². The molecule has 2 amide bonds. The average Bonchev–Trinajstić information content (AvgIpc) is 3.59. The van der Waals surface area contributed by atoms with Crippen LogP contribution in [-0.4, -0.2) is 118 Å². The van der Waals surface area contributed by atoms with E-state index in [-0.39, 0.29) is 23.2 Å². The van der Waals surface area contributed by atoms with Gasteiger partial charge in [0.15, 0.2) is 0 Å². The van der Waals surface area contributed by atoms with Crippen molar-refractivity contribution >= 4 is 92.7 Å². The van der Waals surface area contributed by atoms with E-state index in [1.165, 1.54) is 16.7 Å². The number of amides is 2. The number of hydrogen-bond acceptors (Lipinski definition) is 15. The number of ether oxygens (including phenoxy) is 1. The Kier molecular flexibility index (Phi) is 12.5. The number of aryl methyl sites for hydroxylation is 1. The molecular formula is C45H53BrN11O4PS. The third-order valence-electron chi connectivity index (χ3n) is 12.8. The molecular weight excluding hydrogens is 902 g/mol. The van der Waals surface area contributed by atoms with Gasteiger partial charge in [-0.1, -0.05) is 18.2 Å². The zero-order chi connectivity index (χ0) is 44.0. The summed E-state index contributed by atoms with van der Waals surface area (Å²) >= 11 is 8.53. The molecule has 9 rings (SSSR count). The van der Waals surface area contributed by atoms with Crippen LogP contribution in [0.1, 0.15) is 53.3 Å². The molecule has 2 atom stereocenters. The molecule has 0 bridgehead atoms. The van der Waals surface area contributed by atoms with Crippen LogP contribution in [-0.2, 0) is 27.2 Å². The van der Waals surface area contributed by atoms with Crippen molar-refractivity contribution in [2.45, 2.75) is 63.2 Å². The van der Waals surface area contributed by atoms with Crippen molar-refractivity contribution < 1.29 is 18.9 Å². The first kappa shape index (κ1) is 43.6. The maximum Gasteiger partial charge on any atom is 0.243 e. The van der Waals surface area contributed by atoms with Crippen molar-refractivity contribution in [3.05, 3.63) is 87.8 Å². The van der Waals surface area contributed by atoms with Gasteiger partial charge in [-0.15, -0.1) is 0 Å². The lowest BCUT2D eigenvalue weighted by molar-refractivity contribution is -0.137. The highest BCUT2D eigenvalue weighted by atomic mass is 79.9. The van der Waals surface area contributed by atoms with Crippen molar-refractivity contribution in [1.82, 2.24) is 40.0 Å². The molecule has 5 aromatic rings. The lowest BCUT2D eigenvalue weighted by Gasteiger charge is -2.43. The lowest BCUT2D eigenvalue weighted by atomic mass is 10.00. The largest absolute Gasteiger partial charge is 0.494 e. The van der Waals surface area contributed by atoms with Crippen molar-refractivity contribution in [1.29, 1.82) is 0 Å². The number of carbonyl (C=O) groups is 2. The Hall–Kier alpha value is -4.64. The number of benzene rings is 3. The Bertz CT molecular complexity index is 2620. The smallest absolute Gasteiger partial charge is 0.243 e. The summed E-state index contributed by atoms with van der Waals surface area (Å²) in [6, 6.07) is 14.8. The van der Waals surface area contributed by atoms with Crippen LogP contribution in [0.5, 0.6) is 5.75 Å². The number of piperidine rings is 2. The Morgan fingerprint density at radius 3 is 2.46 bits per heavy atom.